The van der Waals surface area contributed by atoms with Gasteiger partial charge in [0.2, 0.25) is 0 Å². The van der Waals surface area contributed by atoms with E-state index in [9.17, 15) is 4.79 Å². The van der Waals surface area contributed by atoms with E-state index in [1.807, 2.05) is 20.0 Å². The Morgan fingerprint density at radius 2 is 1.96 bits per heavy atom. The number of hydrogen-bond donors (Lipinski definition) is 0. The molecule has 0 unspecified atom stereocenters. The van der Waals surface area contributed by atoms with Crippen LogP contribution in [-0.2, 0) is 4.74 Å². The summed E-state index contributed by atoms with van der Waals surface area (Å²) in [7, 11) is 0. The number of ether oxygens (including phenoxy) is 1. The van der Waals surface area contributed by atoms with E-state index < -0.39 is 18.4 Å². The molecule has 0 spiro atoms. The quantitative estimate of drug-likeness (QED) is 0.559. The van der Waals surface area contributed by atoms with Crippen LogP contribution in [0.25, 0.3) is 5.82 Å². The van der Waals surface area contributed by atoms with E-state index in [4.69, 9.17) is 4.74 Å². The number of aromatic nitrogens is 3. The van der Waals surface area contributed by atoms with Crippen LogP contribution >= 0.6 is 0 Å². The molecule has 0 aliphatic rings. The first kappa shape index (κ1) is 19.7. The van der Waals surface area contributed by atoms with Crippen LogP contribution in [0.15, 0.2) is 24.5 Å². The number of carbonyl (C=O) groups excluding carboxylic acids is 1. The van der Waals surface area contributed by atoms with Gasteiger partial charge in [-0.2, -0.15) is 0 Å². The van der Waals surface area contributed by atoms with Crippen molar-refractivity contribution < 1.29 is 9.53 Å². The third-order valence-corrected chi connectivity index (χ3v) is 9.07. The zero-order chi connectivity index (χ0) is 17.6. The Hall–Kier alpha value is -1.37. The molecule has 0 radical (unpaired) electrons. The molecule has 5 nitrogen and oxygen atoms in total. The zero-order valence-electron chi connectivity index (χ0n) is 15.2. The van der Waals surface area contributed by atoms with E-state index >= 15 is 0 Å². The van der Waals surface area contributed by atoms with Gasteiger partial charge in [-0.25, -0.2) is 0 Å². The molecule has 0 N–H and O–H groups in total. The van der Waals surface area contributed by atoms with Crippen LogP contribution in [-0.4, -0.2) is 45.7 Å². The molecule has 2 rings (SSSR count). The summed E-state index contributed by atoms with van der Waals surface area (Å²) in [5.74, 6) is 0.408. The van der Waals surface area contributed by atoms with E-state index in [1.165, 1.54) is 3.58 Å². The number of nitrogens with zero attached hydrogens (tertiary/aromatic N) is 3. The fourth-order valence-electron chi connectivity index (χ4n) is 2.00. The monoisotopic (exact) mass is 425 g/mol. The molecule has 2 aromatic heterocycles. The Kier molecular flexibility index (Phi) is 7.25. The van der Waals surface area contributed by atoms with Crippen molar-refractivity contribution in [2.24, 2.45) is 0 Å². The summed E-state index contributed by atoms with van der Waals surface area (Å²) in [5, 5.41) is 4.38. The first-order valence-corrected chi connectivity index (χ1v) is 18.0. The first-order chi connectivity index (χ1) is 10.8. The number of rotatable bonds is 4. The Labute approximate surface area is 142 Å². The molecule has 23 heavy (non-hydrogen) atoms. The van der Waals surface area contributed by atoms with Crippen LogP contribution < -0.4 is 3.58 Å². The maximum absolute atomic E-state index is 11.9. The Bertz CT molecular complexity index is 660. The third kappa shape index (κ3) is 5.06. The number of aryl methyl sites for hydroxylation is 1. The molecule has 0 aromatic carbocycles. The van der Waals surface area contributed by atoms with Crippen molar-refractivity contribution in [3.05, 3.63) is 35.8 Å². The average molecular weight is 424 g/mol. The summed E-state index contributed by atoms with van der Waals surface area (Å²) in [6, 6.07) is 4.17. The zero-order valence-corrected chi connectivity index (χ0v) is 18.0. The summed E-state index contributed by atoms with van der Waals surface area (Å²) in [4.78, 5) is 23.3. The average Bonchev–Trinajstić information content (AvgIpc) is 2.91. The summed E-state index contributed by atoms with van der Waals surface area (Å²) >= 11 is -2.15. The van der Waals surface area contributed by atoms with Crippen molar-refractivity contribution >= 4 is 27.9 Å². The fraction of sp³-hybridized carbons (Fsp3) is 0.471. The van der Waals surface area contributed by atoms with Gasteiger partial charge in [-0.15, -0.1) is 0 Å². The summed E-state index contributed by atoms with van der Waals surface area (Å²) < 4.78 is 8.06. The molecule has 0 fully saturated rings. The Morgan fingerprint density at radius 1 is 1.30 bits per heavy atom. The predicted octanol–water partition coefficient (Wildman–Crippen LogP) is 3.32. The van der Waals surface area contributed by atoms with Crippen molar-refractivity contribution in [1.29, 1.82) is 0 Å². The summed E-state index contributed by atoms with van der Waals surface area (Å²) in [6.07, 6.45) is 3.51. The molecule has 0 saturated heterocycles. The molecule has 0 bridgehead atoms. The van der Waals surface area contributed by atoms with Gasteiger partial charge in [0.15, 0.2) is 0 Å². The third-order valence-electron chi connectivity index (χ3n) is 3.24. The van der Waals surface area contributed by atoms with Gasteiger partial charge in [0.1, 0.15) is 0 Å². The summed E-state index contributed by atoms with van der Waals surface area (Å²) in [5.41, 5.74) is 1.14. The van der Waals surface area contributed by atoms with Gasteiger partial charge < -0.3 is 0 Å². The van der Waals surface area contributed by atoms with Crippen LogP contribution in [0.4, 0.5) is 0 Å². The molecular weight excluding hydrogens is 397 g/mol. The molecule has 2 aromatic rings. The molecule has 0 aliphatic heterocycles. The Balaban J connectivity index is 0.00000127. The second kappa shape index (κ2) is 8.47. The molecule has 0 amide bonds. The molecule has 0 saturated carbocycles. The molecule has 126 valence electrons. The molecule has 6 heteroatoms. The predicted molar refractivity (Wildman–Crippen MR) is 96.4 cm³/mol. The van der Waals surface area contributed by atoms with Crippen LogP contribution in [0.5, 0.6) is 0 Å². The second-order valence-electron chi connectivity index (χ2n) is 5.95. The van der Waals surface area contributed by atoms with E-state index in [0.717, 1.165) is 5.82 Å². The minimum absolute atomic E-state index is 0.340. The van der Waals surface area contributed by atoms with Gasteiger partial charge in [-0.05, 0) is 0 Å². The topological polar surface area (TPSA) is 57.0 Å². The van der Waals surface area contributed by atoms with Crippen LogP contribution in [0.3, 0.4) is 0 Å². The van der Waals surface area contributed by atoms with Crippen molar-refractivity contribution in [3.63, 3.8) is 0 Å². The van der Waals surface area contributed by atoms with Gasteiger partial charge in [-0.1, -0.05) is 13.8 Å². The fourth-order valence-corrected chi connectivity index (χ4v) is 5.24. The van der Waals surface area contributed by atoms with Crippen molar-refractivity contribution in [2.45, 2.75) is 42.5 Å². The van der Waals surface area contributed by atoms with E-state index in [0.29, 0.717) is 17.9 Å². The van der Waals surface area contributed by atoms with Gasteiger partial charge in [0, 0.05) is 0 Å². The maximum atomic E-state index is 11.9. The van der Waals surface area contributed by atoms with E-state index in [2.05, 4.69) is 37.0 Å². The number of pyridine rings is 1. The van der Waals surface area contributed by atoms with Gasteiger partial charge in [0.05, 0.1) is 0 Å². The normalized spacial score (nSPS) is 10.7. The van der Waals surface area contributed by atoms with Crippen molar-refractivity contribution in [1.82, 2.24) is 14.8 Å². The molecule has 0 aliphatic carbocycles. The van der Waals surface area contributed by atoms with Crippen LogP contribution in [0.1, 0.15) is 36.8 Å². The number of esters is 1. The van der Waals surface area contributed by atoms with Crippen LogP contribution in [0, 0.1) is 6.92 Å². The van der Waals surface area contributed by atoms with Crippen molar-refractivity contribution in [3.8, 4) is 5.82 Å². The van der Waals surface area contributed by atoms with E-state index in [-0.39, 0.29) is 5.97 Å². The van der Waals surface area contributed by atoms with Crippen molar-refractivity contribution in [2.75, 3.05) is 6.61 Å². The first-order valence-electron chi connectivity index (χ1n) is 8.03. The van der Waals surface area contributed by atoms with Gasteiger partial charge in [-0.3, -0.25) is 0 Å². The molecule has 0 atom stereocenters. The Morgan fingerprint density at radius 3 is 2.52 bits per heavy atom. The SMILES string of the molecule is CC.CCOC(=O)c1cn(-c2c[c]([Sn]([CH3])([CH3])[CH3])ccn2)nc1C. The van der Waals surface area contributed by atoms with Crippen LogP contribution in [0.2, 0.25) is 14.8 Å². The standard InChI is InChI=1S/C12H12N3O2.C2H6.3CH3.Sn/c1-3-17-12(16)10-8-15(14-9(10)2)11-6-4-5-7-13-11;1-2;;;;/h5-8H,3H2,1-2H3;1-2H3;3*1H3;. The molecule has 2 heterocycles. The minimum atomic E-state index is -2.15. The molecular formula is C17H27N3O2Sn. The number of carbonyl (C=O) groups is 1. The van der Waals surface area contributed by atoms with E-state index in [1.54, 1.807) is 24.7 Å². The second-order valence-corrected chi connectivity index (χ2v) is 20.4. The van der Waals surface area contributed by atoms with Gasteiger partial charge in [0.25, 0.3) is 0 Å². The number of hydrogen-bond acceptors (Lipinski definition) is 4. The van der Waals surface area contributed by atoms with Gasteiger partial charge >= 0.3 is 129 Å². The summed E-state index contributed by atoms with van der Waals surface area (Å²) in [6.45, 7) is 7.95.